The maximum Gasteiger partial charge on any atom is 0.213 e. The molecule has 0 fully saturated rings. The van der Waals surface area contributed by atoms with E-state index in [-0.39, 0.29) is 44.5 Å². The van der Waals surface area contributed by atoms with Gasteiger partial charge in [-0.2, -0.15) is 4.57 Å². The molecule has 2 nitrogen and oxygen atoms in total. The first-order chi connectivity index (χ1) is 6.57. The predicted octanol–water partition coefficient (Wildman–Crippen LogP) is 2.13. The molecule has 0 saturated carbocycles. The number of ketones is 1. The van der Waals surface area contributed by atoms with Crippen molar-refractivity contribution in [3.05, 3.63) is 29.6 Å². The standard InChI is InChI=1S/C12H18NO.Y/c1-5-12(14)11(4)13-9(2)7-6-8-10(13)3;/h6-8,11H,5H2,1-4H3;/q+1;. The van der Waals surface area contributed by atoms with E-state index in [1.807, 2.05) is 45.9 Å². The minimum atomic E-state index is -0.0406. The molecule has 3 heteroatoms. The first kappa shape index (κ1) is 14.9. The van der Waals surface area contributed by atoms with Crippen molar-refractivity contribution < 1.29 is 42.1 Å². The van der Waals surface area contributed by atoms with Gasteiger partial charge in [0.1, 0.15) is 0 Å². The molecule has 0 spiro atoms. The van der Waals surface area contributed by atoms with Gasteiger partial charge in [0.15, 0.2) is 17.2 Å². The van der Waals surface area contributed by atoms with Crippen molar-refractivity contribution >= 4 is 5.78 Å². The molecule has 0 bridgehead atoms. The van der Waals surface area contributed by atoms with Crippen molar-refractivity contribution in [3.8, 4) is 0 Å². The molecule has 0 aliphatic heterocycles. The van der Waals surface area contributed by atoms with Gasteiger partial charge in [-0.25, -0.2) is 0 Å². The fourth-order valence-corrected chi connectivity index (χ4v) is 1.82. The summed E-state index contributed by atoms with van der Waals surface area (Å²) in [4.78, 5) is 11.6. The van der Waals surface area contributed by atoms with E-state index in [4.69, 9.17) is 0 Å². The average Bonchev–Trinajstić information content (AvgIpc) is 2.16. The van der Waals surface area contributed by atoms with Crippen LogP contribution in [0.5, 0.6) is 0 Å². The first-order valence-electron chi connectivity index (χ1n) is 5.08. The van der Waals surface area contributed by atoms with Crippen LogP contribution in [0.1, 0.15) is 37.7 Å². The SMILES string of the molecule is CCC(=O)C(C)[n+]1c(C)cccc1C.[Y]. The van der Waals surface area contributed by atoms with Gasteiger partial charge >= 0.3 is 0 Å². The maximum atomic E-state index is 11.6. The molecule has 0 N–H and O–H groups in total. The Morgan fingerprint density at radius 3 is 2.20 bits per heavy atom. The Morgan fingerprint density at radius 1 is 1.33 bits per heavy atom. The molecule has 15 heavy (non-hydrogen) atoms. The molecule has 1 unspecified atom stereocenters. The van der Waals surface area contributed by atoms with Crippen LogP contribution in [-0.2, 0) is 37.5 Å². The van der Waals surface area contributed by atoms with Gasteiger partial charge in [-0.3, -0.25) is 4.79 Å². The number of hydrogen-bond acceptors (Lipinski definition) is 1. The molecule has 0 aliphatic rings. The van der Waals surface area contributed by atoms with E-state index in [0.29, 0.717) is 6.42 Å². The fourth-order valence-electron chi connectivity index (χ4n) is 1.82. The Morgan fingerprint density at radius 2 is 1.80 bits per heavy atom. The van der Waals surface area contributed by atoms with E-state index in [1.165, 1.54) is 0 Å². The van der Waals surface area contributed by atoms with Crippen molar-refractivity contribution in [1.82, 2.24) is 0 Å². The quantitative estimate of drug-likeness (QED) is 0.777. The Labute approximate surface area is 117 Å². The molecule has 1 aromatic heterocycles. The van der Waals surface area contributed by atoms with Crippen LogP contribution < -0.4 is 4.57 Å². The third kappa shape index (κ3) is 3.46. The monoisotopic (exact) mass is 281 g/mol. The van der Waals surface area contributed by atoms with E-state index < -0.39 is 0 Å². The van der Waals surface area contributed by atoms with Gasteiger partial charge in [-0.1, -0.05) is 6.92 Å². The zero-order chi connectivity index (χ0) is 10.7. The van der Waals surface area contributed by atoms with Crippen LogP contribution in [-0.4, -0.2) is 5.78 Å². The van der Waals surface area contributed by atoms with Gasteiger partial charge in [0.2, 0.25) is 6.04 Å². The molecule has 1 radical (unpaired) electrons. The molecule has 1 aromatic rings. The summed E-state index contributed by atoms with van der Waals surface area (Å²) in [6.07, 6.45) is 0.599. The summed E-state index contributed by atoms with van der Waals surface area (Å²) in [5.74, 6) is 0.285. The van der Waals surface area contributed by atoms with E-state index in [0.717, 1.165) is 11.4 Å². The van der Waals surface area contributed by atoms with Gasteiger partial charge in [0.25, 0.3) is 0 Å². The molecule has 0 saturated heterocycles. The number of nitrogens with zero attached hydrogens (tertiary/aromatic N) is 1. The number of aryl methyl sites for hydroxylation is 2. The van der Waals surface area contributed by atoms with Gasteiger partial charge < -0.3 is 0 Å². The summed E-state index contributed by atoms with van der Waals surface area (Å²) in [6, 6.07) is 6.05. The zero-order valence-corrected chi connectivity index (χ0v) is 12.8. The van der Waals surface area contributed by atoms with Gasteiger partial charge in [-0.05, 0) is 6.07 Å². The normalized spacial score (nSPS) is 11.7. The van der Waals surface area contributed by atoms with Crippen molar-refractivity contribution in [2.24, 2.45) is 0 Å². The second kappa shape index (κ2) is 6.49. The second-order valence-corrected chi connectivity index (χ2v) is 3.67. The Hall–Kier alpha value is -0.0761. The number of carbonyl (C=O) groups is 1. The summed E-state index contributed by atoms with van der Waals surface area (Å²) in [6.45, 7) is 7.94. The summed E-state index contributed by atoms with van der Waals surface area (Å²) >= 11 is 0. The van der Waals surface area contributed by atoms with Gasteiger partial charge in [0, 0.05) is 72.0 Å². The molecule has 1 heterocycles. The molecule has 1 rings (SSSR count). The molecule has 1 atom stereocenters. The third-order valence-corrected chi connectivity index (χ3v) is 2.64. The number of aromatic nitrogens is 1. The topological polar surface area (TPSA) is 20.9 Å². The van der Waals surface area contributed by atoms with Crippen molar-refractivity contribution in [1.29, 1.82) is 0 Å². The first-order valence-corrected chi connectivity index (χ1v) is 5.08. The van der Waals surface area contributed by atoms with Crippen molar-refractivity contribution in [2.75, 3.05) is 0 Å². The van der Waals surface area contributed by atoms with Crippen molar-refractivity contribution in [2.45, 2.75) is 40.2 Å². The van der Waals surface area contributed by atoms with Crippen LogP contribution in [0.4, 0.5) is 0 Å². The zero-order valence-electron chi connectivity index (χ0n) is 9.95. The van der Waals surface area contributed by atoms with Crippen LogP contribution in [0.3, 0.4) is 0 Å². The number of pyridine rings is 1. The third-order valence-electron chi connectivity index (χ3n) is 2.64. The number of carbonyl (C=O) groups excluding carboxylic acids is 1. The number of rotatable bonds is 3. The summed E-state index contributed by atoms with van der Waals surface area (Å²) in [5, 5.41) is 0. The van der Waals surface area contributed by atoms with E-state index >= 15 is 0 Å². The van der Waals surface area contributed by atoms with Crippen LogP contribution in [0.25, 0.3) is 0 Å². The molecule has 0 amide bonds. The second-order valence-electron chi connectivity index (χ2n) is 3.67. The number of hydrogen-bond donors (Lipinski definition) is 0. The smallest absolute Gasteiger partial charge is 0.213 e. The summed E-state index contributed by atoms with van der Waals surface area (Å²) in [5.41, 5.74) is 2.28. The van der Waals surface area contributed by atoms with Crippen molar-refractivity contribution in [3.63, 3.8) is 0 Å². The molecule has 0 aliphatic carbocycles. The Kier molecular flexibility index (Phi) is 6.46. The van der Waals surface area contributed by atoms with Gasteiger partial charge in [0.05, 0.1) is 0 Å². The summed E-state index contributed by atoms with van der Waals surface area (Å²) < 4.78 is 2.09. The largest absolute Gasteiger partial charge is 0.292 e. The minimum absolute atomic E-state index is 0. The molecule has 79 valence electrons. The Balaban J connectivity index is 0.00000196. The van der Waals surface area contributed by atoms with Crippen LogP contribution in [0, 0.1) is 13.8 Å². The minimum Gasteiger partial charge on any atom is -0.292 e. The molecular weight excluding hydrogens is 263 g/mol. The predicted molar refractivity (Wildman–Crippen MR) is 56.1 cm³/mol. The van der Waals surface area contributed by atoms with Crippen LogP contribution in [0.15, 0.2) is 18.2 Å². The molecule has 0 aromatic carbocycles. The maximum absolute atomic E-state index is 11.6. The number of Topliss-reactive ketones (excluding diaryl/α,β-unsaturated/α-hetero) is 1. The van der Waals surface area contributed by atoms with E-state index in [2.05, 4.69) is 4.57 Å². The van der Waals surface area contributed by atoms with E-state index in [9.17, 15) is 4.79 Å². The van der Waals surface area contributed by atoms with Gasteiger partial charge in [-0.15, -0.1) is 0 Å². The van der Waals surface area contributed by atoms with Crippen LogP contribution in [0.2, 0.25) is 0 Å². The summed E-state index contributed by atoms with van der Waals surface area (Å²) in [7, 11) is 0. The average molecular weight is 281 g/mol. The Bertz CT molecular complexity index is 329. The van der Waals surface area contributed by atoms with Crippen LogP contribution >= 0.6 is 0 Å². The molecular formula is C12H18NOY+. The van der Waals surface area contributed by atoms with E-state index in [1.54, 1.807) is 0 Å². The fraction of sp³-hybridized carbons (Fsp3) is 0.500.